The van der Waals surface area contributed by atoms with Crippen molar-refractivity contribution in [1.82, 2.24) is 9.88 Å². The monoisotopic (exact) mass is 377 g/mol. The lowest BCUT2D eigenvalue weighted by Gasteiger charge is -2.28. The number of halogens is 1. The molecule has 3 aromatic rings. The van der Waals surface area contributed by atoms with Gasteiger partial charge in [0.05, 0.1) is 16.8 Å². The molecule has 2 heterocycles. The van der Waals surface area contributed by atoms with E-state index in [1.54, 1.807) is 12.3 Å². The number of nitrogens with zero attached hydrogens (tertiary/aromatic N) is 2. The Kier molecular flexibility index (Phi) is 4.99. The molecule has 0 atom stereocenters. The molecule has 0 saturated carbocycles. The number of pyridine rings is 1. The SMILES string of the molecule is Cc1cccc(C)c1Nc1c(C(=O)N2CCCCC2)cnc2ccc(F)cc12. The fourth-order valence-electron chi connectivity index (χ4n) is 3.87. The number of carbonyl (C=O) groups excluding carboxylic acids is 1. The smallest absolute Gasteiger partial charge is 0.257 e. The van der Waals surface area contributed by atoms with Gasteiger partial charge in [0.15, 0.2) is 0 Å². The van der Waals surface area contributed by atoms with E-state index in [4.69, 9.17) is 0 Å². The molecule has 1 fully saturated rings. The lowest BCUT2D eigenvalue weighted by atomic mass is 10.0. The van der Waals surface area contributed by atoms with Gasteiger partial charge in [-0.25, -0.2) is 4.39 Å². The van der Waals surface area contributed by atoms with Gasteiger partial charge < -0.3 is 10.2 Å². The molecule has 0 unspecified atom stereocenters. The molecule has 1 aliphatic rings. The Morgan fingerprint density at radius 3 is 2.46 bits per heavy atom. The van der Waals surface area contributed by atoms with Gasteiger partial charge in [0.25, 0.3) is 5.91 Å². The highest BCUT2D eigenvalue weighted by Crippen LogP contribution is 2.33. The highest BCUT2D eigenvalue weighted by molar-refractivity contribution is 6.08. The number of anilines is 2. The molecular weight excluding hydrogens is 353 g/mol. The minimum Gasteiger partial charge on any atom is -0.354 e. The zero-order valence-corrected chi connectivity index (χ0v) is 16.3. The first kappa shape index (κ1) is 18.4. The maximum atomic E-state index is 14.1. The van der Waals surface area contributed by atoms with E-state index in [2.05, 4.69) is 10.3 Å². The standard InChI is InChI=1S/C23H24FN3O/c1-15-7-6-8-16(2)21(15)26-22-18-13-17(24)9-10-20(18)25-14-19(22)23(28)27-11-4-3-5-12-27/h6-10,13-14H,3-5,11-12H2,1-2H3,(H,25,26). The van der Waals surface area contributed by atoms with E-state index >= 15 is 0 Å². The number of hydrogen-bond donors (Lipinski definition) is 1. The number of rotatable bonds is 3. The van der Waals surface area contributed by atoms with Crippen LogP contribution in [0.25, 0.3) is 10.9 Å². The zero-order valence-electron chi connectivity index (χ0n) is 16.3. The van der Waals surface area contributed by atoms with Gasteiger partial charge >= 0.3 is 0 Å². The minimum absolute atomic E-state index is 0.0490. The van der Waals surface area contributed by atoms with Crippen LogP contribution in [0, 0.1) is 19.7 Å². The Hall–Kier alpha value is -2.95. The van der Waals surface area contributed by atoms with Crippen LogP contribution >= 0.6 is 0 Å². The van der Waals surface area contributed by atoms with Gasteiger partial charge in [-0.05, 0) is 62.4 Å². The summed E-state index contributed by atoms with van der Waals surface area (Å²) in [6.45, 7) is 5.54. The van der Waals surface area contributed by atoms with Crippen LogP contribution in [0.5, 0.6) is 0 Å². The van der Waals surface area contributed by atoms with Crippen LogP contribution in [0.3, 0.4) is 0 Å². The van der Waals surface area contributed by atoms with Crippen LogP contribution in [-0.2, 0) is 0 Å². The van der Waals surface area contributed by atoms with Gasteiger partial charge in [0.2, 0.25) is 0 Å². The average Bonchev–Trinajstić information content (AvgIpc) is 2.71. The van der Waals surface area contributed by atoms with Crippen molar-refractivity contribution < 1.29 is 9.18 Å². The molecular formula is C23H24FN3O. The summed E-state index contributed by atoms with van der Waals surface area (Å²) < 4.78 is 14.1. The van der Waals surface area contributed by atoms with Crippen LogP contribution in [0.1, 0.15) is 40.7 Å². The first-order valence-electron chi connectivity index (χ1n) is 9.75. The maximum absolute atomic E-state index is 14.1. The Bertz CT molecular complexity index is 1020. The average molecular weight is 377 g/mol. The van der Waals surface area contributed by atoms with E-state index in [1.807, 2.05) is 36.9 Å². The molecule has 1 aliphatic heterocycles. The fourth-order valence-corrected chi connectivity index (χ4v) is 3.87. The Morgan fingerprint density at radius 2 is 1.75 bits per heavy atom. The molecule has 0 spiro atoms. The van der Waals surface area contributed by atoms with Crippen molar-refractivity contribution in [1.29, 1.82) is 0 Å². The van der Waals surface area contributed by atoms with Gasteiger partial charge in [-0.1, -0.05) is 18.2 Å². The second-order valence-corrected chi connectivity index (χ2v) is 7.45. The molecule has 5 heteroatoms. The number of aromatic nitrogens is 1. The third kappa shape index (κ3) is 3.44. The summed E-state index contributed by atoms with van der Waals surface area (Å²) in [6, 6.07) is 10.5. The number of aryl methyl sites for hydroxylation is 2. The first-order chi connectivity index (χ1) is 13.5. The predicted molar refractivity (Wildman–Crippen MR) is 111 cm³/mol. The van der Waals surface area contributed by atoms with Crippen LogP contribution in [-0.4, -0.2) is 28.9 Å². The van der Waals surface area contributed by atoms with Crippen molar-refractivity contribution in [2.45, 2.75) is 33.1 Å². The van der Waals surface area contributed by atoms with Gasteiger partial charge in [0, 0.05) is 30.4 Å². The Morgan fingerprint density at radius 1 is 1.04 bits per heavy atom. The van der Waals surface area contributed by atoms with Crippen molar-refractivity contribution in [2.24, 2.45) is 0 Å². The third-order valence-electron chi connectivity index (χ3n) is 5.43. The number of hydrogen-bond acceptors (Lipinski definition) is 3. The largest absolute Gasteiger partial charge is 0.354 e. The molecule has 144 valence electrons. The predicted octanol–water partition coefficient (Wildman–Crippen LogP) is 5.36. The highest BCUT2D eigenvalue weighted by atomic mass is 19.1. The lowest BCUT2D eigenvalue weighted by molar-refractivity contribution is 0.0725. The van der Waals surface area contributed by atoms with Crippen LogP contribution in [0.4, 0.5) is 15.8 Å². The van der Waals surface area contributed by atoms with E-state index in [9.17, 15) is 9.18 Å². The maximum Gasteiger partial charge on any atom is 0.257 e. The molecule has 4 nitrogen and oxygen atoms in total. The number of nitrogens with one attached hydrogen (secondary N) is 1. The van der Waals surface area contributed by atoms with Gasteiger partial charge in [-0.3, -0.25) is 9.78 Å². The number of likely N-dealkylation sites (tertiary alicyclic amines) is 1. The van der Waals surface area contributed by atoms with Crippen molar-refractivity contribution in [3.8, 4) is 0 Å². The van der Waals surface area contributed by atoms with Crippen molar-refractivity contribution >= 4 is 28.2 Å². The molecule has 1 N–H and O–H groups in total. The summed E-state index contributed by atoms with van der Waals surface area (Å²) in [5.74, 6) is -0.395. The van der Waals surface area contributed by atoms with Crippen molar-refractivity contribution in [2.75, 3.05) is 18.4 Å². The molecule has 0 radical (unpaired) electrons. The van der Waals surface area contributed by atoms with Crippen LogP contribution in [0.2, 0.25) is 0 Å². The topological polar surface area (TPSA) is 45.2 Å². The number of piperidine rings is 1. The van der Waals surface area contributed by atoms with Crippen molar-refractivity contribution in [3.63, 3.8) is 0 Å². The summed E-state index contributed by atoms with van der Waals surface area (Å²) in [4.78, 5) is 19.6. The molecule has 2 aromatic carbocycles. The molecule has 1 aromatic heterocycles. The van der Waals surface area contributed by atoms with E-state index in [-0.39, 0.29) is 11.7 Å². The van der Waals surface area contributed by atoms with Gasteiger partial charge in [-0.2, -0.15) is 0 Å². The number of carbonyl (C=O) groups is 1. The summed E-state index contributed by atoms with van der Waals surface area (Å²) in [6.07, 6.45) is 4.80. The number of benzene rings is 2. The zero-order chi connectivity index (χ0) is 19.7. The number of fused-ring (bicyclic) bond motifs is 1. The summed E-state index contributed by atoms with van der Waals surface area (Å²) in [5, 5.41) is 4.06. The van der Waals surface area contributed by atoms with E-state index in [1.165, 1.54) is 12.1 Å². The Balaban J connectivity index is 1.87. The lowest BCUT2D eigenvalue weighted by Crippen LogP contribution is -2.36. The number of para-hydroxylation sites is 1. The second-order valence-electron chi connectivity index (χ2n) is 7.45. The molecule has 28 heavy (non-hydrogen) atoms. The van der Waals surface area contributed by atoms with Gasteiger partial charge in [-0.15, -0.1) is 0 Å². The Labute approximate surface area is 164 Å². The van der Waals surface area contributed by atoms with E-state index < -0.39 is 0 Å². The van der Waals surface area contributed by atoms with E-state index in [0.717, 1.165) is 49.2 Å². The minimum atomic E-state index is -0.346. The molecule has 0 bridgehead atoms. The quantitative estimate of drug-likeness (QED) is 0.668. The summed E-state index contributed by atoms with van der Waals surface area (Å²) >= 11 is 0. The van der Waals surface area contributed by atoms with Gasteiger partial charge in [0.1, 0.15) is 5.82 Å². The molecule has 0 aliphatic carbocycles. The first-order valence-corrected chi connectivity index (χ1v) is 9.75. The molecule has 4 rings (SSSR count). The summed E-state index contributed by atoms with van der Waals surface area (Å²) in [5.41, 5.74) is 4.84. The van der Waals surface area contributed by atoms with Crippen LogP contribution < -0.4 is 5.32 Å². The second kappa shape index (κ2) is 7.58. The summed E-state index contributed by atoms with van der Waals surface area (Å²) in [7, 11) is 0. The van der Waals surface area contributed by atoms with Crippen LogP contribution in [0.15, 0.2) is 42.6 Å². The highest BCUT2D eigenvalue weighted by Gasteiger charge is 2.23. The third-order valence-corrected chi connectivity index (χ3v) is 5.43. The number of amides is 1. The fraction of sp³-hybridized carbons (Fsp3) is 0.304. The van der Waals surface area contributed by atoms with E-state index in [0.29, 0.717) is 22.2 Å². The van der Waals surface area contributed by atoms with Crippen molar-refractivity contribution in [3.05, 3.63) is 65.1 Å². The normalized spacial score (nSPS) is 14.3. The molecule has 1 saturated heterocycles. The molecule has 1 amide bonds.